The zero-order chi connectivity index (χ0) is 14.8. The van der Waals surface area contributed by atoms with Crippen LogP contribution in [0.5, 0.6) is 0 Å². The van der Waals surface area contributed by atoms with Crippen LogP contribution in [0.1, 0.15) is 11.3 Å². The summed E-state index contributed by atoms with van der Waals surface area (Å²) in [4.78, 5) is 3.55. The maximum absolute atomic E-state index is 13.5. The quantitative estimate of drug-likeness (QED) is 0.939. The molecule has 2 rings (SSSR count). The molecule has 0 aliphatic rings. The summed E-state index contributed by atoms with van der Waals surface area (Å²) >= 11 is 0. The number of rotatable bonds is 3. The number of pyridine rings is 1. The van der Waals surface area contributed by atoms with Crippen molar-refractivity contribution in [3.8, 4) is 6.07 Å². The van der Waals surface area contributed by atoms with Gasteiger partial charge in [0.25, 0.3) is 10.0 Å². The number of hydrogen-bond donors (Lipinski definition) is 1. The Hall–Kier alpha value is -2.46. The first-order valence-electron chi connectivity index (χ1n) is 5.58. The van der Waals surface area contributed by atoms with E-state index in [4.69, 9.17) is 5.26 Å². The molecule has 0 spiro atoms. The van der Waals surface area contributed by atoms with Crippen molar-refractivity contribution in [3.63, 3.8) is 0 Å². The van der Waals surface area contributed by atoms with E-state index in [1.807, 2.05) is 0 Å². The van der Waals surface area contributed by atoms with E-state index in [-0.39, 0.29) is 0 Å². The van der Waals surface area contributed by atoms with Crippen LogP contribution in [0.2, 0.25) is 0 Å². The van der Waals surface area contributed by atoms with Gasteiger partial charge in [0.05, 0.1) is 5.69 Å². The van der Waals surface area contributed by atoms with Gasteiger partial charge in [-0.15, -0.1) is 0 Å². The van der Waals surface area contributed by atoms with Crippen LogP contribution < -0.4 is 4.72 Å². The third kappa shape index (κ3) is 2.75. The van der Waals surface area contributed by atoms with Gasteiger partial charge in [-0.25, -0.2) is 12.8 Å². The van der Waals surface area contributed by atoms with Crippen LogP contribution in [-0.2, 0) is 10.0 Å². The maximum atomic E-state index is 13.5. The molecule has 0 aliphatic heterocycles. The second kappa shape index (κ2) is 5.27. The lowest BCUT2D eigenvalue weighted by molar-refractivity contribution is 0.593. The molecule has 0 unspecified atom stereocenters. The van der Waals surface area contributed by atoms with E-state index in [2.05, 4.69) is 9.71 Å². The van der Waals surface area contributed by atoms with Crippen molar-refractivity contribution in [3.05, 3.63) is 53.6 Å². The molecule has 2 aromatic rings. The lowest BCUT2D eigenvalue weighted by Gasteiger charge is -2.09. The number of halogens is 1. The van der Waals surface area contributed by atoms with Crippen molar-refractivity contribution in [1.82, 2.24) is 4.98 Å². The van der Waals surface area contributed by atoms with Crippen molar-refractivity contribution < 1.29 is 12.8 Å². The predicted octanol–water partition coefficient (Wildman–Crippen LogP) is 2.20. The van der Waals surface area contributed by atoms with Crippen LogP contribution in [0.3, 0.4) is 0 Å². The molecule has 5 nitrogen and oxygen atoms in total. The molecule has 1 aromatic heterocycles. The molecule has 102 valence electrons. The largest absolute Gasteiger partial charge is 0.279 e. The molecule has 0 atom stereocenters. The van der Waals surface area contributed by atoms with Gasteiger partial charge in [-0.1, -0.05) is 6.07 Å². The first kappa shape index (κ1) is 14.0. The van der Waals surface area contributed by atoms with E-state index in [1.165, 1.54) is 30.5 Å². The number of nitrogens with zero attached hydrogens (tertiary/aromatic N) is 2. The molecule has 0 saturated carbocycles. The van der Waals surface area contributed by atoms with Crippen LogP contribution in [0.15, 0.2) is 41.4 Å². The summed E-state index contributed by atoms with van der Waals surface area (Å²) in [7, 11) is -4.04. The maximum Gasteiger partial charge on any atom is 0.263 e. The Morgan fingerprint density at radius 3 is 2.75 bits per heavy atom. The monoisotopic (exact) mass is 291 g/mol. The SMILES string of the molecule is Cc1cc(NS(=O)(=O)c2cccc(F)c2C#N)ccn1. The third-order valence-electron chi connectivity index (χ3n) is 2.53. The van der Waals surface area contributed by atoms with Crippen molar-refractivity contribution in [1.29, 1.82) is 5.26 Å². The molecule has 7 heteroatoms. The highest BCUT2D eigenvalue weighted by molar-refractivity contribution is 7.92. The van der Waals surface area contributed by atoms with Crippen molar-refractivity contribution in [2.45, 2.75) is 11.8 Å². The van der Waals surface area contributed by atoms with E-state index in [1.54, 1.807) is 13.0 Å². The van der Waals surface area contributed by atoms with Crippen molar-refractivity contribution >= 4 is 15.7 Å². The molecule has 0 saturated heterocycles. The highest BCUT2D eigenvalue weighted by atomic mass is 32.2. The first-order valence-corrected chi connectivity index (χ1v) is 7.06. The lowest BCUT2D eigenvalue weighted by atomic mass is 10.2. The minimum Gasteiger partial charge on any atom is -0.279 e. The second-order valence-corrected chi connectivity index (χ2v) is 5.67. The minimum absolute atomic E-state index is 0.297. The number of nitrogens with one attached hydrogen (secondary N) is 1. The summed E-state index contributed by atoms with van der Waals surface area (Å²) in [6.45, 7) is 1.71. The van der Waals surface area contributed by atoms with Crippen molar-refractivity contribution in [2.24, 2.45) is 0 Å². The number of sulfonamides is 1. The number of anilines is 1. The van der Waals surface area contributed by atoms with Gasteiger partial charge in [0.1, 0.15) is 22.3 Å². The van der Waals surface area contributed by atoms with E-state index in [9.17, 15) is 12.8 Å². The summed E-state index contributed by atoms with van der Waals surface area (Å²) in [5, 5.41) is 8.88. The Kier molecular flexibility index (Phi) is 3.68. The van der Waals surface area contributed by atoms with Gasteiger partial charge < -0.3 is 0 Å². The summed E-state index contributed by atoms with van der Waals surface area (Å²) in [6, 6.07) is 8.01. The molecule has 1 N–H and O–H groups in total. The van der Waals surface area contributed by atoms with Gasteiger partial charge in [0.2, 0.25) is 0 Å². The fourth-order valence-corrected chi connectivity index (χ4v) is 2.87. The van der Waals surface area contributed by atoms with Crippen LogP contribution in [-0.4, -0.2) is 13.4 Å². The second-order valence-electron chi connectivity index (χ2n) is 4.02. The van der Waals surface area contributed by atoms with Gasteiger partial charge in [-0.2, -0.15) is 5.26 Å². The molecule has 0 radical (unpaired) electrons. The smallest absolute Gasteiger partial charge is 0.263 e. The highest BCUT2D eigenvalue weighted by Gasteiger charge is 2.21. The summed E-state index contributed by atoms with van der Waals surface area (Å²) in [5.74, 6) is -0.874. The minimum atomic E-state index is -4.04. The average molecular weight is 291 g/mol. The number of nitriles is 1. The van der Waals surface area contributed by atoms with E-state index >= 15 is 0 Å². The summed E-state index contributed by atoms with van der Waals surface area (Å²) in [6.07, 6.45) is 1.45. The van der Waals surface area contributed by atoms with Crippen molar-refractivity contribution in [2.75, 3.05) is 4.72 Å². The van der Waals surface area contributed by atoms with Crippen LogP contribution >= 0.6 is 0 Å². The normalized spacial score (nSPS) is 10.8. The zero-order valence-electron chi connectivity index (χ0n) is 10.5. The highest BCUT2D eigenvalue weighted by Crippen LogP contribution is 2.21. The van der Waals surface area contributed by atoms with Gasteiger partial charge in [-0.3, -0.25) is 9.71 Å². The van der Waals surface area contributed by atoms with Crippen LogP contribution in [0.25, 0.3) is 0 Å². The Labute approximate surface area is 115 Å². The fraction of sp³-hybridized carbons (Fsp3) is 0.0769. The molecular formula is C13H10FN3O2S. The molecule has 20 heavy (non-hydrogen) atoms. The molecule has 1 aromatic carbocycles. The van der Waals surface area contributed by atoms with E-state index in [0.717, 1.165) is 6.07 Å². The van der Waals surface area contributed by atoms with Gasteiger partial charge in [0, 0.05) is 11.9 Å². The summed E-state index contributed by atoms with van der Waals surface area (Å²) in [5.41, 5.74) is 0.418. The Morgan fingerprint density at radius 1 is 1.35 bits per heavy atom. The van der Waals surface area contributed by atoms with E-state index < -0.39 is 26.3 Å². The zero-order valence-corrected chi connectivity index (χ0v) is 11.3. The number of aromatic nitrogens is 1. The lowest BCUT2D eigenvalue weighted by Crippen LogP contribution is -2.15. The van der Waals surface area contributed by atoms with Gasteiger partial charge in [-0.05, 0) is 31.2 Å². The molecule has 0 aliphatic carbocycles. The molecule has 1 heterocycles. The Balaban J connectivity index is 2.47. The van der Waals surface area contributed by atoms with Gasteiger partial charge in [0.15, 0.2) is 0 Å². The van der Waals surface area contributed by atoms with E-state index in [0.29, 0.717) is 11.4 Å². The topological polar surface area (TPSA) is 82.9 Å². The molecule has 0 bridgehead atoms. The summed E-state index contributed by atoms with van der Waals surface area (Å²) < 4.78 is 40.1. The number of benzene rings is 1. The Morgan fingerprint density at radius 2 is 2.10 bits per heavy atom. The standard InChI is InChI=1S/C13H10FN3O2S/c1-9-7-10(5-6-16-9)17-20(18,19)13-4-2-3-12(14)11(13)8-15/h2-7H,1H3,(H,16,17). The van der Waals surface area contributed by atoms with Crippen LogP contribution in [0.4, 0.5) is 10.1 Å². The molecular weight excluding hydrogens is 281 g/mol. The number of hydrogen-bond acceptors (Lipinski definition) is 4. The van der Waals surface area contributed by atoms with Crippen LogP contribution in [0, 0.1) is 24.1 Å². The average Bonchev–Trinajstić information content (AvgIpc) is 2.38. The fourth-order valence-electron chi connectivity index (χ4n) is 1.66. The predicted molar refractivity (Wildman–Crippen MR) is 70.9 cm³/mol. The third-order valence-corrected chi connectivity index (χ3v) is 3.95. The number of aryl methyl sites for hydroxylation is 1. The molecule has 0 fully saturated rings. The first-order chi connectivity index (χ1) is 9.44. The Bertz CT molecular complexity index is 798. The van der Waals surface area contributed by atoms with Gasteiger partial charge >= 0.3 is 0 Å². The molecule has 0 amide bonds.